The van der Waals surface area contributed by atoms with Crippen LogP contribution in [0.2, 0.25) is 0 Å². The summed E-state index contributed by atoms with van der Waals surface area (Å²) in [4.78, 5) is 5.84. The minimum absolute atomic E-state index is 0.196. The minimum atomic E-state index is -0.398. The Morgan fingerprint density at radius 3 is 2.87 bits per heavy atom. The zero-order valence-electron chi connectivity index (χ0n) is 8.83. The van der Waals surface area contributed by atoms with E-state index in [-0.39, 0.29) is 5.88 Å². The molecule has 3 nitrogen and oxygen atoms in total. The standard InChI is InChI=1S/C10H14ClFN2O/c1-14(2)3-4-15-10-8(6-11)5-9(12)7-13-10/h5,7H,3-4,6H2,1-2H3. The van der Waals surface area contributed by atoms with E-state index in [1.807, 2.05) is 19.0 Å². The number of aromatic nitrogens is 1. The van der Waals surface area contributed by atoms with Crippen LogP contribution >= 0.6 is 11.6 Å². The molecule has 84 valence electrons. The number of ether oxygens (including phenoxy) is 1. The van der Waals surface area contributed by atoms with Gasteiger partial charge in [-0.15, -0.1) is 11.6 Å². The molecule has 0 aliphatic heterocycles. The largest absolute Gasteiger partial charge is 0.476 e. The fourth-order valence-electron chi connectivity index (χ4n) is 1.02. The van der Waals surface area contributed by atoms with Crippen molar-refractivity contribution in [3.63, 3.8) is 0 Å². The first-order chi connectivity index (χ1) is 7.13. The molecular weight excluding hydrogens is 219 g/mol. The van der Waals surface area contributed by atoms with Gasteiger partial charge in [0.1, 0.15) is 12.4 Å². The third-order valence-electron chi connectivity index (χ3n) is 1.81. The molecule has 0 spiro atoms. The molecule has 15 heavy (non-hydrogen) atoms. The number of likely N-dealkylation sites (N-methyl/N-ethyl adjacent to an activating group) is 1. The van der Waals surface area contributed by atoms with Crippen LogP contribution in [0.3, 0.4) is 0 Å². The highest BCUT2D eigenvalue weighted by Crippen LogP contribution is 2.17. The molecule has 0 atom stereocenters. The smallest absolute Gasteiger partial charge is 0.217 e. The Morgan fingerprint density at radius 2 is 2.27 bits per heavy atom. The van der Waals surface area contributed by atoms with Crippen LogP contribution in [0.1, 0.15) is 5.56 Å². The second-order valence-electron chi connectivity index (χ2n) is 3.40. The topological polar surface area (TPSA) is 25.4 Å². The number of nitrogens with zero attached hydrogens (tertiary/aromatic N) is 2. The first-order valence-electron chi connectivity index (χ1n) is 4.61. The van der Waals surface area contributed by atoms with Gasteiger partial charge in [-0.2, -0.15) is 0 Å². The molecule has 0 aromatic carbocycles. The quantitative estimate of drug-likeness (QED) is 0.725. The second kappa shape index (κ2) is 5.88. The van der Waals surface area contributed by atoms with Crippen LogP contribution in [0.5, 0.6) is 5.88 Å². The highest BCUT2D eigenvalue weighted by atomic mass is 35.5. The average Bonchev–Trinajstić information content (AvgIpc) is 2.19. The van der Waals surface area contributed by atoms with E-state index in [0.717, 1.165) is 12.7 Å². The van der Waals surface area contributed by atoms with E-state index >= 15 is 0 Å². The first-order valence-corrected chi connectivity index (χ1v) is 5.15. The van der Waals surface area contributed by atoms with E-state index in [1.165, 1.54) is 6.07 Å². The lowest BCUT2D eigenvalue weighted by Gasteiger charge is -2.12. The zero-order valence-corrected chi connectivity index (χ0v) is 9.59. The molecule has 0 aliphatic rings. The Hall–Kier alpha value is -0.870. The third kappa shape index (κ3) is 4.01. The molecular formula is C10H14ClFN2O. The molecule has 1 heterocycles. The molecule has 0 saturated carbocycles. The zero-order chi connectivity index (χ0) is 11.3. The summed E-state index contributed by atoms with van der Waals surface area (Å²) in [6, 6.07) is 1.34. The fraction of sp³-hybridized carbons (Fsp3) is 0.500. The highest BCUT2D eigenvalue weighted by molar-refractivity contribution is 6.17. The Labute approximate surface area is 93.8 Å². The maximum atomic E-state index is 12.8. The van der Waals surface area contributed by atoms with Crippen molar-refractivity contribution in [1.29, 1.82) is 0 Å². The van der Waals surface area contributed by atoms with E-state index in [0.29, 0.717) is 18.1 Å². The molecule has 0 aliphatic carbocycles. The lowest BCUT2D eigenvalue weighted by Crippen LogP contribution is -2.20. The van der Waals surface area contributed by atoms with Crippen molar-refractivity contribution in [2.75, 3.05) is 27.2 Å². The number of hydrogen-bond donors (Lipinski definition) is 0. The number of rotatable bonds is 5. The van der Waals surface area contributed by atoms with Crippen LogP contribution < -0.4 is 4.74 Å². The molecule has 0 fully saturated rings. The summed E-state index contributed by atoms with van der Waals surface area (Å²) in [5.41, 5.74) is 0.579. The van der Waals surface area contributed by atoms with Gasteiger partial charge >= 0.3 is 0 Å². The van der Waals surface area contributed by atoms with E-state index in [4.69, 9.17) is 16.3 Å². The van der Waals surface area contributed by atoms with Gasteiger partial charge in [-0.25, -0.2) is 9.37 Å². The van der Waals surface area contributed by atoms with E-state index in [2.05, 4.69) is 4.98 Å². The molecule has 0 amide bonds. The van der Waals surface area contributed by atoms with Gasteiger partial charge in [0.15, 0.2) is 0 Å². The van der Waals surface area contributed by atoms with E-state index < -0.39 is 5.82 Å². The lowest BCUT2D eigenvalue weighted by molar-refractivity contribution is 0.252. The Morgan fingerprint density at radius 1 is 1.53 bits per heavy atom. The number of halogens is 2. The van der Waals surface area contributed by atoms with Crippen molar-refractivity contribution in [2.45, 2.75) is 5.88 Å². The van der Waals surface area contributed by atoms with Crippen molar-refractivity contribution < 1.29 is 9.13 Å². The summed E-state index contributed by atoms with van der Waals surface area (Å²) >= 11 is 5.65. The molecule has 0 N–H and O–H groups in total. The summed E-state index contributed by atoms with van der Waals surface area (Å²) in [6.45, 7) is 1.29. The van der Waals surface area contributed by atoms with Gasteiger partial charge in [-0.05, 0) is 20.2 Å². The highest BCUT2D eigenvalue weighted by Gasteiger charge is 2.06. The van der Waals surface area contributed by atoms with Gasteiger partial charge in [0.05, 0.1) is 12.1 Å². The van der Waals surface area contributed by atoms with Crippen LogP contribution in [0, 0.1) is 5.82 Å². The van der Waals surface area contributed by atoms with Crippen LogP contribution in [-0.4, -0.2) is 37.1 Å². The molecule has 0 unspecified atom stereocenters. The first kappa shape index (κ1) is 12.2. The Kier molecular flexibility index (Phi) is 4.78. The van der Waals surface area contributed by atoms with Gasteiger partial charge in [0.2, 0.25) is 5.88 Å². The molecule has 0 bridgehead atoms. The molecule has 1 rings (SSSR count). The monoisotopic (exact) mass is 232 g/mol. The predicted octanol–water partition coefficient (Wildman–Crippen LogP) is 1.90. The van der Waals surface area contributed by atoms with Gasteiger partial charge < -0.3 is 9.64 Å². The van der Waals surface area contributed by atoms with Crippen molar-refractivity contribution in [3.8, 4) is 5.88 Å². The minimum Gasteiger partial charge on any atom is -0.476 e. The molecule has 1 aromatic rings. The second-order valence-corrected chi connectivity index (χ2v) is 3.67. The summed E-state index contributed by atoms with van der Waals surface area (Å²) in [6.07, 6.45) is 1.13. The van der Waals surface area contributed by atoms with Crippen LogP contribution in [0.4, 0.5) is 4.39 Å². The average molecular weight is 233 g/mol. The summed E-state index contributed by atoms with van der Waals surface area (Å²) in [5, 5.41) is 0. The lowest BCUT2D eigenvalue weighted by atomic mass is 10.3. The van der Waals surface area contributed by atoms with Gasteiger partial charge in [0.25, 0.3) is 0 Å². The van der Waals surface area contributed by atoms with Crippen LogP contribution in [0.25, 0.3) is 0 Å². The number of alkyl halides is 1. The summed E-state index contributed by atoms with van der Waals surface area (Å²) in [7, 11) is 3.90. The summed E-state index contributed by atoms with van der Waals surface area (Å²) < 4.78 is 18.2. The normalized spacial score (nSPS) is 10.7. The van der Waals surface area contributed by atoms with Crippen molar-refractivity contribution >= 4 is 11.6 Å². The molecule has 0 radical (unpaired) electrons. The van der Waals surface area contributed by atoms with Crippen molar-refractivity contribution in [2.24, 2.45) is 0 Å². The maximum Gasteiger partial charge on any atom is 0.217 e. The van der Waals surface area contributed by atoms with Gasteiger partial charge in [-0.3, -0.25) is 0 Å². The number of pyridine rings is 1. The van der Waals surface area contributed by atoms with E-state index in [9.17, 15) is 4.39 Å². The Bertz CT molecular complexity index is 320. The maximum absolute atomic E-state index is 12.8. The van der Waals surface area contributed by atoms with E-state index in [1.54, 1.807) is 0 Å². The Balaban J connectivity index is 2.60. The van der Waals surface area contributed by atoms with Gasteiger partial charge in [0, 0.05) is 12.1 Å². The third-order valence-corrected chi connectivity index (χ3v) is 2.10. The molecule has 1 aromatic heterocycles. The van der Waals surface area contributed by atoms with Crippen LogP contribution in [-0.2, 0) is 5.88 Å². The number of hydrogen-bond acceptors (Lipinski definition) is 3. The van der Waals surface area contributed by atoms with Crippen molar-refractivity contribution in [1.82, 2.24) is 9.88 Å². The van der Waals surface area contributed by atoms with Gasteiger partial charge in [-0.1, -0.05) is 0 Å². The van der Waals surface area contributed by atoms with Crippen LogP contribution in [0.15, 0.2) is 12.3 Å². The van der Waals surface area contributed by atoms with Crippen molar-refractivity contribution in [3.05, 3.63) is 23.6 Å². The predicted molar refractivity (Wildman–Crippen MR) is 57.8 cm³/mol. The molecule has 5 heteroatoms. The molecule has 0 saturated heterocycles. The summed E-state index contributed by atoms with van der Waals surface area (Å²) in [5.74, 6) is 0.209. The SMILES string of the molecule is CN(C)CCOc1ncc(F)cc1CCl. The fourth-order valence-corrected chi connectivity index (χ4v) is 1.21.